The molecule has 3 aromatic rings. The van der Waals surface area contributed by atoms with Gasteiger partial charge in [0.25, 0.3) is 0 Å². The van der Waals surface area contributed by atoms with Gasteiger partial charge >= 0.3 is 11.8 Å². The molecule has 4 heterocycles. The van der Waals surface area contributed by atoms with Crippen LogP contribution in [0.15, 0.2) is 24.5 Å². The van der Waals surface area contributed by atoms with Crippen molar-refractivity contribution < 1.29 is 19.1 Å². The van der Waals surface area contributed by atoms with E-state index >= 15 is 0 Å². The van der Waals surface area contributed by atoms with E-state index in [-0.39, 0.29) is 24.5 Å². The third kappa shape index (κ3) is 6.74. The number of aromatic nitrogens is 4. The van der Waals surface area contributed by atoms with Crippen molar-refractivity contribution in [2.45, 2.75) is 65.1 Å². The van der Waals surface area contributed by atoms with Crippen LogP contribution < -0.4 is 15.8 Å². The van der Waals surface area contributed by atoms with Gasteiger partial charge in [-0.2, -0.15) is 5.10 Å². The van der Waals surface area contributed by atoms with Gasteiger partial charge in [0.15, 0.2) is 0 Å². The fourth-order valence-electron chi connectivity index (χ4n) is 4.83. The van der Waals surface area contributed by atoms with E-state index in [1.165, 1.54) is 6.20 Å². The number of nitrogens with zero attached hydrogens (tertiary/aromatic N) is 5. The number of ether oxygens (including phenoxy) is 2. The fourth-order valence-corrected chi connectivity index (χ4v) is 5.59. The number of anilines is 2. The Balaban J connectivity index is 1.56. The highest BCUT2D eigenvalue weighted by atomic mass is 28.3. The zero-order chi connectivity index (χ0) is 28.3. The maximum Gasteiger partial charge on any atom is 0.314 e. The van der Waals surface area contributed by atoms with Crippen molar-refractivity contribution in [2.24, 2.45) is 5.92 Å². The molecule has 2 amide bonds. The number of carbonyl (C=O) groups is 2. The van der Waals surface area contributed by atoms with Crippen LogP contribution in [0.3, 0.4) is 0 Å². The Kier molecular flexibility index (Phi) is 8.55. The fraction of sp³-hybridized carbons (Fsp3) is 0.519. The van der Waals surface area contributed by atoms with Gasteiger partial charge in [-0.05, 0) is 43.4 Å². The summed E-state index contributed by atoms with van der Waals surface area (Å²) in [6, 6.07) is 4.53. The van der Waals surface area contributed by atoms with E-state index in [1.807, 2.05) is 19.1 Å². The molecule has 39 heavy (non-hydrogen) atoms. The maximum absolute atomic E-state index is 13.6. The Hall–Kier alpha value is -3.51. The second kappa shape index (κ2) is 11.7. The van der Waals surface area contributed by atoms with Crippen LogP contribution >= 0.6 is 0 Å². The number of likely N-dealkylation sites (tertiary alicyclic amines) is 1. The molecule has 12 heteroatoms. The standard InChI is InChI=1S/C27H39N7O4Si/c1-17-7-8-22(19-11-18(2)31-23(12-19)37-3)33(15-17)27(36)26(35)32-21-14-29-25(28)20-13-30-34(24(20)21)16-38-9-10-39(4,5)6/h11-14,17,22H,7-10,15-16H2,1-6H3,(H2,28,29)(H,32,35)/t17-,22+/m0/s1. The van der Waals surface area contributed by atoms with Crippen LogP contribution in [0.1, 0.15) is 37.1 Å². The van der Waals surface area contributed by atoms with Gasteiger partial charge in [0, 0.05) is 33.0 Å². The first-order valence-corrected chi connectivity index (χ1v) is 17.0. The third-order valence-corrected chi connectivity index (χ3v) is 8.68. The summed E-state index contributed by atoms with van der Waals surface area (Å²) in [6.07, 6.45) is 4.73. The molecular formula is C27H39N7O4Si. The first-order valence-electron chi connectivity index (χ1n) is 13.3. The summed E-state index contributed by atoms with van der Waals surface area (Å²) in [6.45, 7) is 12.1. The number of hydrogen-bond acceptors (Lipinski definition) is 8. The first kappa shape index (κ1) is 28.5. The van der Waals surface area contributed by atoms with Gasteiger partial charge in [0.2, 0.25) is 5.88 Å². The molecule has 0 spiro atoms. The molecule has 210 valence electrons. The summed E-state index contributed by atoms with van der Waals surface area (Å²) in [7, 11) is 0.322. The lowest BCUT2D eigenvalue weighted by atomic mass is 9.90. The average Bonchev–Trinajstić information content (AvgIpc) is 3.32. The summed E-state index contributed by atoms with van der Waals surface area (Å²) >= 11 is 0. The van der Waals surface area contributed by atoms with Gasteiger partial charge in [0.1, 0.15) is 12.5 Å². The van der Waals surface area contributed by atoms with Crippen LogP contribution in [0, 0.1) is 12.8 Å². The summed E-state index contributed by atoms with van der Waals surface area (Å²) in [5.74, 6) is -0.317. The van der Waals surface area contributed by atoms with Gasteiger partial charge in [-0.1, -0.05) is 26.6 Å². The molecule has 1 fully saturated rings. The van der Waals surface area contributed by atoms with E-state index in [0.29, 0.717) is 35.6 Å². The van der Waals surface area contributed by atoms with E-state index in [0.717, 1.165) is 30.1 Å². The van der Waals surface area contributed by atoms with Crippen LogP contribution in [-0.2, 0) is 21.1 Å². The van der Waals surface area contributed by atoms with Crippen LogP contribution in [0.4, 0.5) is 11.5 Å². The Morgan fingerprint density at radius 3 is 2.69 bits per heavy atom. The second-order valence-corrected chi connectivity index (χ2v) is 17.1. The number of carbonyl (C=O) groups excluding carboxylic acids is 2. The summed E-state index contributed by atoms with van der Waals surface area (Å²) < 4.78 is 12.9. The number of amides is 2. The Morgan fingerprint density at radius 2 is 1.97 bits per heavy atom. The van der Waals surface area contributed by atoms with Gasteiger partial charge in [-0.15, -0.1) is 0 Å². The first-order chi connectivity index (χ1) is 18.5. The van der Waals surface area contributed by atoms with Crippen molar-refractivity contribution in [3.8, 4) is 5.88 Å². The number of fused-ring (bicyclic) bond motifs is 1. The number of piperidine rings is 1. The number of nitrogens with one attached hydrogen (secondary N) is 1. The molecule has 4 rings (SSSR count). The number of nitrogens with two attached hydrogens (primary N) is 1. The van der Waals surface area contributed by atoms with Gasteiger partial charge in [-0.3, -0.25) is 9.59 Å². The monoisotopic (exact) mass is 553 g/mol. The van der Waals surface area contributed by atoms with E-state index in [2.05, 4.69) is 46.9 Å². The van der Waals surface area contributed by atoms with Crippen molar-refractivity contribution in [1.29, 1.82) is 0 Å². The van der Waals surface area contributed by atoms with Crippen molar-refractivity contribution in [3.63, 3.8) is 0 Å². The highest BCUT2D eigenvalue weighted by molar-refractivity contribution is 6.76. The third-order valence-electron chi connectivity index (χ3n) is 6.98. The lowest BCUT2D eigenvalue weighted by molar-refractivity contribution is -0.146. The highest BCUT2D eigenvalue weighted by Gasteiger charge is 2.35. The smallest absolute Gasteiger partial charge is 0.314 e. The van der Waals surface area contributed by atoms with E-state index in [9.17, 15) is 9.59 Å². The topological polar surface area (TPSA) is 137 Å². The maximum atomic E-state index is 13.6. The molecule has 2 atom stereocenters. The summed E-state index contributed by atoms with van der Waals surface area (Å²) in [4.78, 5) is 37.2. The van der Waals surface area contributed by atoms with Crippen molar-refractivity contribution in [3.05, 3.63) is 35.8 Å². The summed E-state index contributed by atoms with van der Waals surface area (Å²) in [5, 5.41) is 7.76. The molecule has 3 aromatic heterocycles. The van der Waals surface area contributed by atoms with Crippen molar-refractivity contribution in [1.82, 2.24) is 24.6 Å². The zero-order valence-corrected chi connectivity index (χ0v) is 24.7. The molecule has 1 saturated heterocycles. The number of pyridine rings is 2. The van der Waals surface area contributed by atoms with Crippen molar-refractivity contribution in [2.75, 3.05) is 31.3 Å². The van der Waals surface area contributed by atoms with Crippen LogP contribution in [0.5, 0.6) is 5.88 Å². The molecule has 1 aliphatic rings. The predicted molar refractivity (Wildman–Crippen MR) is 153 cm³/mol. The lowest BCUT2D eigenvalue weighted by Crippen LogP contribution is -2.46. The van der Waals surface area contributed by atoms with Gasteiger partial charge < -0.3 is 25.4 Å². The minimum absolute atomic E-state index is 0.198. The summed E-state index contributed by atoms with van der Waals surface area (Å²) in [5.41, 5.74) is 8.69. The average molecular weight is 554 g/mol. The number of hydrogen-bond donors (Lipinski definition) is 2. The largest absolute Gasteiger partial charge is 0.481 e. The molecule has 0 radical (unpaired) electrons. The lowest BCUT2D eigenvalue weighted by Gasteiger charge is -2.38. The highest BCUT2D eigenvalue weighted by Crippen LogP contribution is 2.35. The number of nitrogen functional groups attached to an aromatic ring is 1. The number of rotatable bonds is 8. The second-order valence-electron chi connectivity index (χ2n) is 11.5. The van der Waals surface area contributed by atoms with E-state index in [1.54, 1.807) is 22.9 Å². The minimum atomic E-state index is -1.24. The van der Waals surface area contributed by atoms with E-state index < -0.39 is 19.9 Å². The molecule has 0 unspecified atom stereocenters. The molecular weight excluding hydrogens is 514 g/mol. The molecule has 0 aliphatic carbocycles. The number of methoxy groups -OCH3 is 1. The van der Waals surface area contributed by atoms with Crippen LogP contribution in [0.25, 0.3) is 10.9 Å². The molecule has 0 aromatic carbocycles. The number of aryl methyl sites for hydroxylation is 1. The minimum Gasteiger partial charge on any atom is -0.481 e. The van der Waals surface area contributed by atoms with E-state index in [4.69, 9.17) is 15.2 Å². The van der Waals surface area contributed by atoms with Gasteiger partial charge in [-0.25, -0.2) is 14.6 Å². The Morgan fingerprint density at radius 1 is 1.21 bits per heavy atom. The SMILES string of the molecule is COc1cc([C@H]2CC[C@H](C)CN2C(=O)C(=O)Nc2cnc(N)c3cnn(COCC[Si](C)(C)C)c23)cc(C)n1. The Bertz CT molecular complexity index is 1350. The Labute approximate surface area is 230 Å². The zero-order valence-electron chi connectivity index (χ0n) is 23.7. The quantitative estimate of drug-likeness (QED) is 0.243. The van der Waals surface area contributed by atoms with Gasteiger partial charge in [0.05, 0.1) is 42.1 Å². The normalized spacial score (nSPS) is 17.8. The molecule has 1 aliphatic heterocycles. The van der Waals surface area contributed by atoms with Crippen LogP contribution in [-0.4, -0.2) is 64.8 Å². The predicted octanol–water partition coefficient (Wildman–Crippen LogP) is 3.98. The molecule has 11 nitrogen and oxygen atoms in total. The molecule has 0 saturated carbocycles. The molecule has 0 bridgehead atoms. The van der Waals surface area contributed by atoms with Crippen LogP contribution in [0.2, 0.25) is 25.7 Å². The van der Waals surface area contributed by atoms with Crippen molar-refractivity contribution >= 4 is 42.3 Å². The molecule has 3 N–H and O–H groups in total.